The van der Waals surface area contributed by atoms with Crippen molar-refractivity contribution in [2.24, 2.45) is 0 Å². The molecule has 90 valence electrons. The molecule has 0 radical (unpaired) electrons. The van der Waals surface area contributed by atoms with Crippen LogP contribution < -0.4 is 0 Å². The van der Waals surface area contributed by atoms with Crippen molar-refractivity contribution in [3.63, 3.8) is 0 Å². The van der Waals surface area contributed by atoms with Crippen LogP contribution in [0.5, 0.6) is 0 Å². The van der Waals surface area contributed by atoms with E-state index in [0.29, 0.717) is 6.04 Å². The minimum absolute atomic E-state index is 0.676. The number of hydrogen-bond acceptors (Lipinski definition) is 1. The highest BCUT2D eigenvalue weighted by Crippen LogP contribution is 2.02. The lowest BCUT2D eigenvalue weighted by molar-refractivity contribution is -0.517. The van der Waals surface area contributed by atoms with Gasteiger partial charge in [0, 0.05) is 12.5 Å². The molecule has 2 heteroatoms. The van der Waals surface area contributed by atoms with E-state index in [9.17, 15) is 0 Å². The van der Waals surface area contributed by atoms with Gasteiger partial charge in [0.1, 0.15) is 19.3 Å². The van der Waals surface area contributed by atoms with Gasteiger partial charge in [0.2, 0.25) is 0 Å². The van der Waals surface area contributed by atoms with Crippen LogP contribution in [0.2, 0.25) is 0 Å². The standard InChI is InChI=1S/C13H29N2/c1-6-11-15(9-4)13(5)10-12-14(7-2)8-3/h12-13H,6-11H2,1-5H3/q+1. The van der Waals surface area contributed by atoms with Gasteiger partial charge in [-0.05, 0) is 40.3 Å². The summed E-state index contributed by atoms with van der Waals surface area (Å²) in [5, 5.41) is 0. The van der Waals surface area contributed by atoms with Gasteiger partial charge in [-0.1, -0.05) is 13.8 Å². The Hall–Kier alpha value is -0.370. The van der Waals surface area contributed by atoms with Crippen LogP contribution in [0.3, 0.4) is 0 Å². The molecule has 0 heterocycles. The Labute approximate surface area is 96.0 Å². The zero-order valence-corrected chi connectivity index (χ0v) is 11.3. The second-order valence-electron chi connectivity index (χ2n) is 4.12. The van der Waals surface area contributed by atoms with Crippen LogP contribution in [0, 0.1) is 0 Å². The molecule has 0 aliphatic heterocycles. The fourth-order valence-corrected chi connectivity index (χ4v) is 1.91. The fourth-order valence-electron chi connectivity index (χ4n) is 1.91. The van der Waals surface area contributed by atoms with Crippen molar-refractivity contribution >= 4 is 6.21 Å². The highest BCUT2D eigenvalue weighted by molar-refractivity contribution is 5.52. The van der Waals surface area contributed by atoms with E-state index in [2.05, 4.69) is 50.3 Å². The minimum atomic E-state index is 0.676. The molecule has 0 amide bonds. The molecule has 0 N–H and O–H groups in total. The molecule has 0 aromatic heterocycles. The average molecular weight is 213 g/mol. The van der Waals surface area contributed by atoms with Crippen LogP contribution in [0.4, 0.5) is 0 Å². The molecular weight excluding hydrogens is 184 g/mol. The van der Waals surface area contributed by atoms with Crippen molar-refractivity contribution in [1.29, 1.82) is 0 Å². The van der Waals surface area contributed by atoms with Gasteiger partial charge in [-0.3, -0.25) is 0 Å². The topological polar surface area (TPSA) is 6.25 Å². The van der Waals surface area contributed by atoms with Crippen LogP contribution >= 0.6 is 0 Å². The van der Waals surface area contributed by atoms with Gasteiger partial charge in [0.05, 0.1) is 0 Å². The third-order valence-corrected chi connectivity index (χ3v) is 3.06. The van der Waals surface area contributed by atoms with Gasteiger partial charge in [0.15, 0.2) is 0 Å². The van der Waals surface area contributed by atoms with E-state index in [4.69, 9.17) is 0 Å². The van der Waals surface area contributed by atoms with Gasteiger partial charge in [-0.2, -0.15) is 0 Å². The summed E-state index contributed by atoms with van der Waals surface area (Å²) in [4.78, 5) is 2.56. The first kappa shape index (κ1) is 14.6. The zero-order chi connectivity index (χ0) is 11.7. The van der Waals surface area contributed by atoms with E-state index in [1.165, 1.54) is 25.9 Å². The van der Waals surface area contributed by atoms with E-state index in [1.54, 1.807) is 0 Å². The van der Waals surface area contributed by atoms with Crippen LogP contribution in [0.25, 0.3) is 0 Å². The second-order valence-corrected chi connectivity index (χ2v) is 4.12. The van der Waals surface area contributed by atoms with Crippen LogP contribution in [0.1, 0.15) is 47.5 Å². The molecule has 0 fully saturated rings. The van der Waals surface area contributed by atoms with Crippen LogP contribution in [0.15, 0.2) is 0 Å². The summed E-state index contributed by atoms with van der Waals surface area (Å²) in [6, 6.07) is 0.676. The largest absolute Gasteiger partial charge is 0.300 e. The van der Waals surface area contributed by atoms with Crippen molar-refractivity contribution in [2.75, 3.05) is 26.2 Å². The summed E-state index contributed by atoms with van der Waals surface area (Å²) in [6.45, 7) is 15.9. The van der Waals surface area contributed by atoms with Crippen molar-refractivity contribution in [3.05, 3.63) is 0 Å². The number of nitrogens with zero attached hydrogens (tertiary/aromatic N) is 2. The van der Waals surface area contributed by atoms with Gasteiger partial charge in [-0.25, -0.2) is 4.58 Å². The monoisotopic (exact) mass is 213 g/mol. The molecule has 1 atom stereocenters. The van der Waals surface area contributed by atoms with E-state index in [-0.39, 0.29) is 0 Å². The van der Waals surface area contributed by atoms with Gasteiger partial charge >= 0.3 is 0 Å². The van der Waals surface area contributed by atoms with E-state index >= 15 is 0 Å². The molecule has 0 aromatic carbocycles. The van der Waals surface area contributed by atoms with Gasteiger partial charge in [-0.15, -0.1) is 0 Å². The molecule has 0 rings (SSSR count). The molecule has 0 aliphatic carbocycles. The lowest BCUT2D eigenvalue weighted by atomic mass is 10.2. The maximum atomic E-state index is 2.56. The predicted octanol–water partition coefficient (Wildman–Crippen LogP) is 2.62. The molecule has 0 saturated carbocycles. The molecule has 0 aliphatic rings. The summed E-state index contributed by atoms with van der Waals surface area (Å²) in [5.41, 5.74) is 0. The van der Waals surface area contributed by atoms with E-state index in [0.717, 1.165) is 13.1 Å². The van der Waals surface area contributed by atoms with E-state index < -0.39 is 0 Å². The maximum Gasteiger partial charge on any atom is 0.141 e. The zero-order valence-electron chi connectivity index (χ0n) is 11.3. The summed E-state index contributed by atoms with van der Waals surface area (Å²) in [5.74, 6) is 0. The lowest BCUT2D eigenvalue weighted by Crippen LogP contribution is -2.34. The van der Waals surface area contributed by atoms with Crippen LogP contribution in [-0.4, -0.2) is 47.9 Å². The summed E-state index contributed by atoms with van der Waals surface area (Å²) in [6.07, 6.45) is 4.79. The van der Waals surface area contributed by atoms with Crippen molar-refractivity contribution in [2.45, 2.75) is 53.5 Å². The second kappa shape index (κ2) is 8.90. The van der Waals surface area contributed by atoms with Crippen molar-refractivity contribution < 1.29 is 4.58 Å². The molecule has 0 spiro atoms. The average Bonchev–Trinajstić information content (AvgIpc) is 2.26. The molecule has 0 bridgehead atoms. The third-order valence-electron chi connectivity index (χ3n) is 3.06. The molecule has 1 unspecified atom stereocenters. The Bertz CT molecular complexity index is 169. The van der Waals surface area contributed by atoms with Gasteiger partial charge in [0.25, 0.3) is 0 Å². The van der Waals surface area contributed by atoms with Gasteiger partial charge < -0.3 is 4.90 Å². The highest BCUT2D eigenvalue weighted by Gasteiger charge is 2.11. The first-order valence-corrected chi connectivity index (χ1v) is 6.50. The normalized spacial score (nSPS) is 12.9. The lowest BCUT2D eigenvalue weighted by Gasteiger charge is -2.25. The first-order valence-electron chi connectivity index (χ1n) is 6.50. The minimum Gasteiger partial charge on any atom is -0.300 e. The Morgan fingerprint density at radius 1 is 1.13 bits per heavy atom. The Morgan fingerprint density at radius 3 is 2.13 bits per heavy atom. The molecular formula is C13H29N2+. The highest BCUT2D eigenvalue weighted by atomic mass is 15.1. The Morgan fingerprint density at radius 2 is 1.73 bits per heavy atom. The predicted molar refractivity (Wildman–Crippen MR) is 69.0 cm³/mol. The first-order chi connectivity index (χ1) is 7.19. The summed E-state index contributed by atoms with van der Waals surface area (Å²) < 4.78 is 2.39. The number of rotatable bonds is 8. The van der Waals surface area contributed by atoms with E-state index in [1.807, 2.05) is 0 Å². The maximum absolute atomic E-state index is 2.56. The third kappa shape index (κ3) is 5.93. The molecule has 2 nitrogen and oxygen atoms in total. The van der Waals surface area contributed by atoms with Crippen molar-refractivity contribution in [1.82, 2.24) is 4.90 Å². The van der Waals surface area contributed by atoms with Crippen molar-refractivity contribution in [3.8, 4) is 0 Å². The SMILES string of the molecule is CCCN(CC)C(C)CC=[N+](CC)CC. The molecule has 0 saturated heterocycles. The Kier molecular flexibility index (Phi) is 8.68. The summed E-state index contributed by atoms with van der Waals surface area (Å²) >= 11 is 0. The Balaban J connectivity index is 4.08. The molecule has 15 heavy (non-hydrogen) atoms. The summed E-state index contributed by atoms with van der Waals surface area (Å²) in [7, 11) is 0. The fraction of sp³-hybridized carbons (Fsp3) is 0.923. The smallest absolute Gasteiger partial charge is 0.141 e. The quantitative estimate of drug-likeness (QED) is 0.444. The van der Waals surface area contributed by atoms with Crippen LogP contribution in [-0.2, 0) is 0 Å². The number of hydrogen-bond donors (Lipinski definition) is 0. The molecule has 0 aromatic rings.